The zero-order valence-electron chi connectivity index (χ0n) is 17.9. The van der Waals surface area contributed by atoms with E-state index in [1.165, 1.54) is 0 Å². The van der Waals surface area contributed by atoms with Crippen molar-refractivity contribution in [3.8, 4) is 6.07 Å². The third kappa shape index (κ3) is 6.57. The Balaban J connectivity index is 0.00000320. The largest absolute Gasteiger partial charge is 0.368 e. The van der Waals surface area contributed by atoms with E-state index < -0.39 is 0 Å². The first kappa shape index (κ1) is 24.4. The van der Waals surface area contributed by atoms with Crippen molar-refractivity contribution in [1.29, 1.82) is 5.26 Å². The Bertz CT molecular complexity index is 873. The van der Waals surface area contributed by atoms with Crippen LogP contribution in [0.5, 0.6) is 0 Å². The number of hydrogen-bond donors (Lipinski definition) is 2. The van der Waals surface area contributed by atoms with Gasteiger partial charge in [0, 0.05) is 37.0 Å². The Morgan fingerprint density at radius 2 is 2.20 bits per heavy atom. The molecule has 2 N–H and O–H groups in total. The van der Waals surface area contributed by atoms with Crippen LogP contribution >= 0.6 is 35.3 Å². The molecule has 0 saturated carbocycles. The number of rotatable bonds is 6. The van der Waals surface area contributed by atoms with E-state index in [4.69, 9.17) is 4.99 Å². The second kappa shape index (κ2) is 12.1. The summed E-state index contributed by atoms with van der Waals surface area (Å²) in [6.07, 6.45) is 2.17. The Morgan fingerprint density at radius 3 is 2.90 bits per heavy atom. The first-order valence-corrected chi connectivity index (χ1v) is 11.2. The topological polar surface area (TPSA) is 76.3 Å². The monoisotopic (exact) mass is 538 g/mol. The van der Waals surface area contributed by atoms with Crippen LogP contribution in [0, 0.1) is 11.3 Å². The van der Waals surface area contributed by atoms with Gasteiger partial charge in [-0.3, -0.25) is 0 Å². The Morgan fingerprint density at radius 1 is 1.40 bits per heavy atom. The third-order valence-electron chi connectivity index (χ3n) is 4.93. The van der Waals surface area contributed by atoms with Gasteiger partial charge >= 0.3 is 0 Å². The van der Waals surface area contributed by atoms with E-state index >= 15 is 0 Å². The van der Waals surface area contributed by atoms with Gasteiger partial charge in [-0.05, 0) is 31.9 Å². The number of thiazole rings is 1. The number of hydrogen-bond acceptors (Lipinski definition) is 5. The van der Waals surface area contributed by atoms with Crippen molar-refractivity contribution in [2.24, 2.45) is 4.99 Å². The fourth-order valence-corrected chi connectivity index (χ4v) is 4.32. The second-order valence-corrected chi connectivity index (χ2v) is 8.48. The van der Waals surface area contributed by atoms with Crippen LogP contribution in [0.25, 0.3) is 0 Å². The molecule has 30 heavy (non-hydrogen) atoms. The van der Waals surface area contributed by atoms with E-state index in [9.17, 15) is 5.26 Å². The predicted molar refractivity (Wildman–Crippen MR) is 136 cm³/mol. The zero-order valence-corrected chi connectivity index (χ0v) is 21.0. The molecule has 1 unspecified atom stereocenters. The molecule has 0 spiro atoms. The van der Waals surface area contributed by atoms with E-state index in [2.05, 4.69) is 52.7 Å². The van der Waals surface area contributed by atoms with E-state index in [0.717, 1.165) is 60.4 Å². The van der Waals surface area contributed by atoms with Crippen molar-refractivity contribution in [2.45, 2.75) is 52.1 Å². The molecule has 1 saturated heterocycles. The van der Waals surface area contributed by atoms with Gasteiger partial charge in [-0.1, -0.05) is 26.0 Å². The van der Waals surface area contributed by atoms with E-state index in [-0.39, 0.29) is 30.0 Å². The molecule has 1 aromatic carbocycles. The molecule has 2 aromatic rings. The van der Waals surface area contributed by atoms with Gasteiger partial charge in [-0.25, -0.2) is 9.98 Å². The maximum absolute atomic E-state index is 9.42. The molecule has 0 aliphatic carbocycles. The van der Waals surface area contributed by atoms with Gasteiger partial charge in [0.15, 0.2) is 5.96 Å². The van der Waals surface area contributed by atoms with E-state index in [1.54, 1.807) is 11.3 Å². The number of benzene rings is 1. The number of nitrogens with one attached hydrogen (secondary N) is 2. The van der Waals surface area contributed by atoms with Crippen LogP contribution in [0.2, 0.25) is 0 Å². The highest BCUT2D eigenvalue weighted by molar-refractivity contribution is 14.0. The van der Waals surface area contributed by atoms with Gasteiger partial charge in [0.1, 0.15) is 6.07 Å². The summed E-state index contributed by atoms with van der Waals surface area (Å²) in [4.78, 5) is 11.7. The average Bonchev–Trinajstić information content (AvgIpc) is 3.22. The molecular weight excluding hydrogens is 507 g/mol. The molecule has 1 aliphatic heterocycles. The van der Waals surface area contributed by atoms with Crippen molar-refractivity contribution in [3.05, 3.63) is 45.9 Å². The number of anilines is 1. The van der Waals surface area contributed by atoms with Crippen molar-refractivity contribution >= 4 is 47.0 Å². The minimum atomic E-state index is 0. The molecule has 0 radical (unpaired) electrons. The summed E-state index contributed by atoms with van der Waals surface area (Å²) in [6.45, 7) is 9.62. The molecule has 162 valence electrons. The Labute approximate surface area is 200 Å². The molecular formula is C22H31IN6S. The van der Waals surface area contributed by atoms with Crippen molar-refractivity contribution < 1.29 is 0 Å². The average molecular weight is 539 g/mol. The van der Waals surface area contributed by atoms with Gasteiger partial charge in [-0.15, -0.1) is 35.3 Å². The molecule has 0 amide bonds. The number of nitrogens with zero attached hydrogens (tertiary/aromatic N) is 4. The minimum absolute atomic E-state index is 0. The highest BCUT2D eigenvalue weighted by atomic mass is 127. The maximum Gasteiger partial charge on any atom is 0.191 e. The van der Waals surface area contributed by atoms with Crippen LogP contribution < -0.4 is 15.5 Å². The lowest BCUT2D eigenvalue weighted by atomic mass is 10.0. The molecule has 2 heterocycles. The standard InChI is InChI=1S/C22H30N6S.HI/c1-4-24-22(25-13-19-15-29-21(26-19)16(2)3)27-18-9-7-11-28(14-18)20-10-6-5-8-17(20)12-23;/h5-6,8,10,15-16,18H,4,7,9,11,13-14H2,1-3H3,(H2,24,25,27);1H. The van der Waals surface area contributed by atoms with Crippen molar-refractivity contribution in [3.63, 3.8) is 0 Å². The smallest absolute Gasteiger partial charge is 0.191 e. The van der Waals surface area contributed by atoms with Gasteiger partial charge < -0.3 is 15.5 Å². The number of para-hydroxylation sites is 1. The lowest BCUT2D eigenvalue weighted by molar-refractivity contribution is 0.468. The van der Waals surface area contributed by atoms with Crippen LogP contribution in [0.4, 0.5) is 5.69 Å². The fourth-order valence-electron chi connectivity index (χ4n) is 3.49. The Hall–Kier alpha value is -1.86. The SMILES string of the molecule is CCNC(=NCc1csc(C(C)C)n1)NC1CCCN(c2ccccc2C#N)C1.I. The third-order valence-corrected chi connectivity index (χ3v) is 6.13. The minimum Gasteiger partial charge on any atom is -0.368 e. The molecule has 1 aliphatic rings. The highest BCUT2D eigenvalue weighted by Crippen LogP contribution is 2.24. The summed E-state index contributed by atoms with van der Waals surface area (Å²) >= 11 is 1.71. The number of halogens is 1. The summed E-state index contributed by atoms with van der Waals surface area (Å²) in [5.41, 5.74) is 2.77. The van der Waals surface area contributed by atoms with Crippen molar-refractivity contribution in [2.75, 3.05) is 24.5 Å². The van der Waals surface area contributed by atoms with Crippen molar-refractivity contribution in [1.82, 2.24) is 15.6 Å². The van der Waals surface area contributed by atoms with Crippen LogP contribution in [0.15, 0.2) is 34.6 Å². The summed E-state index contributed by atoms with van der Waals surface area (Å²) < 4.78 is 0. The Kier molecular flexibility index (Phi) is 9.85. The summed E-state index contributed by atoms with van der Waals surface area (Å²) in [6, 6.07) is 10.4. The second-order valence-electron chi connectivity index (χ2n) is 7.59. The summed E-state index contributed by atoms with van der Waals surface area (Å²) in [5.74, 6) is 1.28. The molecule has 1 fully saturated rings. The van der Waals surface area contributed by atoms with Gasteiger partial charge in [0.2, 0.25) is 0 Å². The van der Waals surface area contributed by atoms with Gasteiger partial charge in [0.25, 0.3) is 0 Å². The molecule has 1 aromatic heterocycles. The first-order valence-electron chi connectivity index (χ1n) is 10.3. The predicted octanol–water partition coefficient (Wildman–Crippen LogP) is 4.48. The van der Waals surface area contributed by atoms with Gasteiger partial charge in [-0.2, -0.15) is 5.26 Å². The zero-order chi connectivity index (χ0) is 20.6. The lowest BCUT2D eigenvalue weighted by Gasteiger charge is -2.35. The number of aromatic nitrogens is 1. The van der Waals surface area contributed by atoms with Crippen LogP contribution in [-0.2, 0) is 6.54 Å². The molecule has 0 bridgehead atoms. The van der Waals surface area contributed by atoms with Crippen LogP contribution in [-0.4, -0.2) is 36.6 Å². The number of guanidine groups is 1. The van der Waals surface area contributed by atoms with Gasteiger partial charge in [0.05, 0.1) is 28.5 Å². The number of nitriles is 1. The highest BCUT2D eigenvalue weighted by Gasteiger charge is 2.22. The first-order chi connectivity index (χ1) is 14.1. The summed E-state index contributed by atoms with van der Waals surface area (Å²) in [7, 11) is 0. The maximum atomic E-state index is 9.42. The molecule has 3 rings (SSSR count). The van der Waals surface area contributed by atoms with E-state index in [1.807, 2.05) is 24.3 Å². The van der Waals surface area contributed by atoms with Crippen LogP contribution in [0.3, 0.4) is 0 Å². The summed E-state index contributed by atoms with van der Waals surface area (Å²) in [5, 5.41) is 19.6. The lowest BCUT2D eigenvalue weighted by Crippen LogP contribution is -2.51. The quantitative estimate of drug-likeness (QED) is 0.322. The normalized spacial score (nSPS) is 16.7. The fraction of sp³-hybridized carbons (Fsp3) is 0.500. The van der Waals surface area contributed by atoms with Crippen LogP contribution in [0.1, 0.15) is 55.8 Å². The molecule has 6 nitrogen and oxygen atoms in total. The molecule has 1 atom stereocenters. The molecule has 8 heteroatoms. The number of piperidine rings is 1. The number of aliphatic imine (C=N–C) groups is 1. The van der Waals surface area contributed by atoms with E-state index in [0.29, 0.717) is 12.5 Å².